The summed E-state index contributed by atoms with van der Waals surface area (Å²) in [6.07, 6.45) is 1.90. The van der Waals surface area contributed by atoms with Crippen LogP contribution in [-0.4, -0.2) is 10.9 Å². The molecule has 0 radical (unpaired) electrons. The number of pyridine rings is 1. The van der Waals surface area contributed by atoms with Crippen molar-refractivity contribution in [1.82, 2.24) is 10.3 Å². The fourth-order valence-corrected chi connectivity index (χ4v) is 6.18. The molecular formula is C29H20N8. The SMILES string of the molecule is N#CNC1=NC(c2ccc3c(c2)C2c4ccccc4C3c3ccccc32)c2c(nc(N)c(C#N)c2N)N1. The van der Waals surface area contributed by atoms with Crippen LogP contribution in [-0.2, 0) is 0 Å². The molecule has 8 heteroatoms. The zero-order valence-corrected chi connectivity index (χ0v) is 19.5. The molecule has 1 aromatic heterocycles. The van der Waals surface area contributed by atoms with Crippen LogP contribution in [0.15, 0.2) is 71.7 Å². The van der Waals surface area contributed by atoms with Gasteiger partial charge in [0.25, 0.3) is 0 Å². The summed E-state index contributed by atoms with van der Waals surface area (Å²) < 4.78 is 0. The molecule has 4 aromatic rings. The van der Waals surface area contributed by atoms with Crippen LogP contribution in [0.2, 0.25) is 0 Å². The number of nitriles is 2. The van der Waals surface area contributed by atoms with Crippen molar-refractivity contribution in [3.05, 3.63) is 117 Å². The van der Waals surface area contributed by atoms with Gasteiger partial charge in [0.2, 0.25) is 5.96 Å². The lowest BCUT2D eigenvalue weighted by atomic mass is 9.61. The van der Waals surface area contributed by atoms with E-state index in [0.717, 1.165) is 5.56 Å². The number of rotatable bonds is 1. The van der Waals surface area contributed by atoms with Gasteiger partial charge in [-0.25, -0.2) is 9.98 Å². The third-order valence-electron chi connectivity index (χ3n) is 7.64. The Labute approximate surface area is 212 Å². The molecule has 176 valence electrons. The average molecular weight is 481 g/mol. The van der Waals surface area contributed by atoms with E-state index in [9.17, 15) is 10.5 Å². The summed E-state index contributed by atoms with van der Waals surface area (Å²) in [7, 11) is 0. The Morgan fingerprint density at radius 3 is 2.00 bits per heavy atom. The number of nitrogens with two attached hydrogens (primary N) is 2. The number of nitrogens with one attached hydrogen (secondary N) is 2. The quantitative estimate of drug-likeness (QED) is 0.205. The number of anilines is 3. The van der Waals surface area contributed by atoms with Crippen molar-refractivity contribution in [2.75, 3.05) is 16.8 Å². The van der Waals surface area contributed by atoms with Gasteiger partial charge in [-0.1, -0.05) is 66.7 Å². The van der Waals surface area contributed by atoms with E-state index in [-0.39, 0.29) is 34.9 Å². The lowest BCUT2D eigenvalue weighted by Gasteiger charge is -2.42. The molecule has 8 rings (SSSR count). The number of guanidine groups is 1. The van der Waals surface area contributed by atoms with Crippen LogP contribution >= 0.6 is 0 Å². The minimum atomic E-state index is -0.580. The van der Waals surface area contributed by atoms with Crippen molar-refractivity contribution in [2.45, 2.75) is 17.9 Å². The second-order valence-electron chi connectivity index (χ2n) is 9.41. The zero-order chi connectivity index (χ0) is 25.3. The molecule has 1 unspecified atom stereocenters. The van der Waals surface area contributed by atoms with Crippen molar-refractivity contribution in [3.8, 4) is 12.3 Å². The van der Waals surface area contributed by atoms with Crippen LogP contribution in [0.4, 0.5) is 17.3 Å². The first-order valence-corrected chi connectivity index (χ1v) is 11.9. The zero-order valence-electron chi connectivity index (χ0n) is 19.5. The summed E-state index contributed by atoms with van der Waals surface area (Å²) in [5.74, 6) is 0.912. The highest BCUT2D eigenvalue weighted by Gasteiger charge is 2.41. The Morgan fingerprint density at radius 2 is 1.41 bits per heavy atom. The lowest BCUT2D eigenvalue weighted by molar-refractivity contribution is 0.746. The summed E-state index contributed by atoms with van der Waals surface area (Å²) in [6.45, 7) is 0. The third-order valence-corrected chi connectivity index (χ3v) is 7.64. The van der Waals surface area contributed by atoms with Crippen LogP contribution in [0, 0.1) is 22.8 Å². The monoisotopic (exact) mass is 480 g/mol. The van der Waals surface area contributed by atoms with Crippen LogP contribution in [0.25, 0.3) is 0 Å². The van der Waals surface area contributed by atoms with Crippen LogP contribution in [0.1, 0.15) is 67.9 Å². The highest BCUT2D eigenvalue weighted by molar-refractivity contribution is 5.98. The normalized spacial score (nSPS) is 19.6. The molecule has 3 aromatic carbocycles. The van der Waals surface area contributed by atoms with Gasteiger partial charge in [0.05, 0.1) is 5.69 Å². The van der Waals surface area contributed by atoms with E-state index in [1.165, 1.54) is 33.4 Å². The largest absolute Gasteiger partial charge is 0.397 e. The Balaban J connectivity index is 1.44. The molecule has 0 saturated carbocycles. The standard InChI is InChI=1S/C29H20N8/c30-12-21-25(32)24-26(35-29(34-13-31)37-28(24)36-27(21)33)14-9-10-19-20(11-14)23-17-7-3-1-5-15(17)22(19)16-6-2-4-8-18(16)23/h1-11,22-23,26H,(H6,32,33,34,35,36,37). The fourth-order valence-electron chi connectivity index (χ4n) is 6.18. The topological polar surface area (TPSA) is 149 Å². The maximum absolute atomic E-state index is 9.65. The summed E-state index contributed by atoms with van der Waals surface area (Å²) in [6, 6.07) is 25.2. The molecule has 1 atom stereocenters. The third kappa shape index (κ3) is 2.81. The average Bonchev–Trinajstić information content (AvgIpc) is 2.92. The first-order valence-electron chi connectivity index (χ1n) is 11.9. The van der Waals surface area contributed by atoms with Gasteiger partial charge in [-0.15, -0.1) is 0 Å². The Morgan fingerprint density at radius 1 is 0.811 bits per heavy atom. The van der Waals surface area contributed by atoms with Gasteiger partial charge in [-0.3, -0.25) is 5.32 Å². The molecule has 8 nitrogen and oxygen atoms in total. The Hall–Kier alpha value is -5.34. The molecule has 2 heterocycles. The maximum atomic E-state index is 9.65. The van der Waals surface area contributed by atoms with Crippen molar-refractivity contribution < 1.29 is 0 Å². The van der Waals surface area contributed by atoms with Gasteiger partial charge in [-0.05, 0) is 38.9 Å². The number of nitrogens with zero attached hydrogens (tertiary/aromatic N) is 4. The second kappa shape index (κ2) is 7.58. The van der Waals surface area contributed by atoms with Crippen LogP contribution in [0.3, 0.4) is 0 Å². The van der Waals surface area contributed by atoms with E-state index in [0.29, 0.717) is 11.4 Å². The van der Waals surface area contributed by atoms with E-state index in [1.807, 2.05) is 6.19 Å². The van der Waals surface area contributed by atoms with Crippen molar-refractivity contribution in [1.29, 1.82) is 10.5 Å². The fraction of sp³-hybridized carbons (Fsp3) is 0.103. The summed E-state index contributed by atoms with van der Waals surface area (Å²) in [4.78, 5) is 9.12. The van der Waals surface area contributed by atoms with Gasteiger partial charge in [0.15, 0.2) is 6.19 Å². The number of aromatic nitrogens is 1. The number of benzene rings is 3. The predicted octanol–water partition coefficient (Wildman–Crippen LogP) is 4.05. The molecule has 2 bridgehead atoms. The van der Waals surface area contributed by atoms with Gasteiger partial charge < -0.3 is 16.8 Å². The summed E-state index contributed by atoms with van der Waals surface area (Å²) in [5, 5.41) is 24.4. The van der Waals surface area contributed by atoms with E-state index >= 15 is 0 Å². The Bertz CT molecular complexity index is 1710. The molecular weight excluding hydrogens is 460 g/mol. The van der Waals surface area contributed by atoms with Gasteiger partial charge in [0.1, 0.15) is 29.3 Å². The predicted molar refractivity (Wildman–Crippen MR) is 141 cm³/mol. The molecule has 1 aliphatic heterocycles. The van der Waals surface area contributed by atoms with E-state index in [1.54, 1.807) is 0 Å². The molecule has 37 heavy (non-hydrogen) atoms. The van der Waals surface area contributed by atoms with Crippen LogP contribution < -0.4 is 22.1 Å². The number of hydrogen-bond donors (Lipinski definition) is 4. The highest BCUT2D eigenvalue weighted by Crippen LogP contribution is 2.56. The first kappa shape index (κ1) is 21.0. The second-order valence-corrected chi connectivity index (χ2v) is 9.41. The molecule has 0 fully saturated rings. The number of nitrogen functional groups attached to an aromatic ring is 2. The molecule has 3 aliphatic carbocycles. The highest BCUT2D eigenvalue weighted by atomic mass is 15.2. The first-order chi connectivity index (χ1) is 18.1. The number of fused-ring (bicyclic) bond motifs is 1. The van der Waals surface area contributed by atoms with E-state index < -0.39 is 6.04 Å². The van der Waals surface area contributed by atoms with Crippen molar-refractivity contribution in [2.24, 2.45) is 4.99 Å². The van der Waals surface area contributed by atoms with Crippen molar-refractivity contribution in [3.63, 3.8) is 0 Å². The molecule has 6 N–H and O–H groups in total. The van der Waals surface area contributed by atoms with Crippen molar-refractivity contribution >= 4 is 23.3 Å². The summed E-state index contributed by atoms with van der Waals surface area (Å²) in [5.41, 5.74) is 22.1. The van der Waals surface area contributed by atoms with Crippen LogP contribution in [0.5, 0.6) is 0 Å². The van der Waals surface area contributed by atoms with Gasteiger partial charge in [-0.2, -0.15) is 10.5 Å². The lowest BCUT2D eigenvalue weighted by Crippen LogP contribution is -2.33. The van der Waals surface area contributed by atoms with E-state index in [2.05, 4.69) is 88.4 Å². The van der Waals surface area contributed by atoms with E-state index in [4.69, 9.17) is 16.5 Å². The molecule has 4 aliphatic rings. The Kier molecular flexibility index (Phi) is 4.30. The minimum absolute atomic E-state index is 0.0270. The number of aliphatic imine (C=N–C) groups is 1. The van der Waals surface area contributed by atoms with Gasteiger partial charge >= 0.3 is 0 Å². The molecule has 0 saturated heterocycles. The molecule has 0 spiro atoms. The minimum Gasteiger partial charge on any atom is -0.397 e. The number of hydrogen-bond acceptors (Lipinski definition) is 8. The van der Waals surface area contributed by atoms with Gasteiger partial charge in [0, 0.05) is 17.4 Å². The molecule has 0 amide bonds. The smallest absolute Gasteiger partial charge is 0.211 e. The summed E-state index contributed by atoms with van der Waals surface area (Å²) >= 11 is 0. The maximum Gasteiger partial charge on any atom is 0.211 e.